The third-order valence-electron chi connectivity index (χ3n) is 3.85. The number of nitrogens with zero attached hydrogens (tertiary/aromatic N) is 1. The number of halogens is 1. The second-order valence-electron chi connectivity index (χ2n) is 5.44. The molecule has 0 heterocycles. The van der Waals surface area contributed by atoms with Gasteiger partial charge in [0.25, 0.3) is 0 Å². The predicted molar refractivity (Wildman–Crippen MR) is 105 cm³/mol. The van der Waals surface area contributed by atoms with Crippen molar-refractivity contribution in [2.24, 2.45) is 0 Å². The molecule has 3 aromatic rings. The van der Waals surface area contributed by atoms with Gasteiger partial charge in [0.2, 0.25) is 0 Å². The lowest BCUT2D eigenvalue weighted by molar-refractivity contribution is 0.415. The second-order valence-corrected chi connectivity index (χ2v) is 6.35. The van der Waals surface area contributed by atoms with Crippen LogP contribution in [0.2, 0.25) is 0 Å². The SMILES string of the molecule is COc1ccc(N(C)c2ccc(Nc3ccc(Br)cc3)cc2)cc1. The molecule has 3 aromatic carbocycles. The van der Waals surface area contributed by atoms with Gasteiger partial charge < -0.3 is 15.0 Å². The standard InChI is InChI=1S/C20H19BrN2O/c1-23(19-11-13-20(24-2)14-12-19)18-9-7-17(8-10-18)22-16-5-3-15(21)4-6-16/h3-14,22H,1-2H3. The molecule has 122 valence electrons. The van der Waals surface area contributed by atoms with Crippen LogP contribution in [0.3, 0.4) is 0 Å². The fourth-order valence-electron chi connectivity index (χ4n) is 2.42. The molecule has 0 aliphatic rings. The molecule has 0 aromatic heterocycles. The summed E-state index contributed by atoms with van der Waals surface area (Å²) in [6.45, 7) is 0. The van der Waals surface area contributed by atoms with Gasteiger partial charge >= 0.3 is 0 Å². The van der Waals surface area contributed by atoms with E-state index in [1.165, 1.54) is 0 Å². The summed E-state index contributed by atoms with van der Waals surface area (Å²) in [4.78, 5) is 2.14. The molecule has 0 fully saturated rings. The van der Waals surface area contributed by atoms with E-state index >= 15 is 0 Å². The molecule has 24 heavy (non-hydrogen) atoms. The maximum absolute atomic E-state index is 5.20. The van der Waals surface area contributed by atoms with E-state index in [2.05, 4.69) is 57.5 Å². The van der Waals surface area contributed by atoms with Crippen LogP contribution in [0.5, 0.6) is 5.75 Å². The summed E-state index contributed by atoms with van der Waals surface area (Å²) in [5.74, 6) is 0.862. The third kappa shape index (κ3) is 3.89. The number of nitrogens with one attached hydrogen (secondary N) is 1. The summed E-state index contributed by atoms with van der Waals surface area (Å²) in [6, 6.07) is 24.5. The Kier molecular flexibility index (Phi) is 5.06. The van der Waals surface area contributed by atoms with E-state index in [9.17, 15) is 0 Å². The van der Waals surface area contributed by atoms with Crippen LogP contribution < -0.4 is 15.0 Å². The van der Waals surface area contributed by atoms with Crippen LogP contribution in [0.1, 0.15) is 0 Å². The van der Waals surface area contributed by atoms with Gasteiger partial charge in [-0.1, -0.05) is 15.9 Å². The molecule has 0 amide bonds. The van der Waals surface area contributed by atoms with Crippen molar-refractivity contribution in [2.75, 3.05) is 24.4 Å². The van der Waals surface area contributed by atoms with Gasteiger partial charge in [-0.05, 0) is 72.8 Å². The van der Waals surface area contributed by atoms with Gasteiger partial charge in [0.15, 0.2) is 0 Å². The number of benzene rings is 3. The molecule has 0 saturated carbocycles. The van der Waals surface area contributed by atoms with Crippen molar-refractivity contribution < 1.29 is 4.74 Å². The molecule has 0 bridgehead atoms. The van der Waals surface area contributed by atoms with Gasteiger partial charge in [0.1, 0.15) is 5.75 Å². The Balaban J connectivity index is 1.72. The zero-order valence-electron chi connectivity index (χ0n) is 13.7. The first-order valence-electron chi connectivity index (χ1n) is 7.66. The van der Waals surface area contributed by atoms with Gasteiger partial charge in [0.05, 0.1) is 7.11 Å². The van der Waals surface area contributed by atoms with E-state index in [0.717, 1.165) is 33.0 Å². The Morgan fingerprint density at radius 3 is 1.71 bits per heavy atom. The van der Waals surface area contributed by atoms with Crippen LogP contribution in [-0.2, 0) is 0 Å². The first kappa shape index (κ1) is 16.4. The maximum atomic E-state index is 5.20. The monoisotopic (exact) mass is 382 g/mol. The zero-order chi connectivity index (χ0) is 16.9. The summed E-state index contributed by atoms with van der Waals surface area (Å²) in [5, 5.41) is 3.40. The first-order chi connectivity index (χ1) is 11.7. The maximum Gasteiger partial charge on any atom is 0.119 e. The van der Waals surface area contributed by atoms with Crippen molar-refractivity contribution in [3.8, 4) is 5.75 Å². The molecule has 0 aliphatic heterocycles. The van der Waals surface area contributed by atoms with Crippen LogP contribution in [-0.4, -0.2) is 14.2 Å². The molecular formula is C20H19BrN2O. The van der Waals surface area contributed by atoms with Crippen molar-refractivity contribution in [3.05, 3.63) is 77.3 Å². The normalized spacial score (nSPS) is 10.3. The smallest absolute Gasteiger partial charge is 0.119 e. The second kappa shape index (κ2) is 7.41. The van der Waals surface area contributed by atoms with Crippen molar-refractivity contribution in [1.82, 2.24) is 0 Å². The van der Waals surface area contributed by atoms with Crippen molar-refractivity contribution in [1.29, 1.82) is 0 Å². The zero-order valence-corrected chi connectivity index (χ0v) is 15.2. The average molecular weight is 383 g/mol. The van der Waals surface area contributed by atoms with E-state index in [0.29, 0.717) is 0 Å². The molecule has 0 atom stereocenters. The molecule has 0 aliphatic carbocycles. The van der Waals surface area contributed by atoms with E-state index in [-0.39, 0.29) is 0 Å². The predicted octanol–water partition coefficient (Wildman–Crippen LogP) is 5.97. The number of anilines is 4. The summed E-state index contributed by atoms with van der Waals surface area (Å²) in [5.41, 5.74) is 4.37. The minimum absolute atomic E-state index is 0.862. The lowest BCUT2D eigenvalue weighted by Crippen LogP contribution is -2.09. The lowest BCUT2D eigenvalue weighted by Gasteiger charge is -2.20. The molecule has 0 radical (unpaired) electrons. The molecule has 3 nitrogen and oxygen atoms in total. The van der Waals surface area contributed by atoms with Gasteiger partial charge in [0, 0.05) is 34.3 Å². The van der Waals surface area contributed by atoms with Gasteiger partial charge in [-0.3, -0.25) is 0 Å². The Morgan fingerprint density at radius 1 is 0.750 bits per heavy atom. The lowest BCUT2D eigenvalue weighted by atomic mass is 10.2. The van der Waals surface area contributed by atoms with Crippen molar-refractivity contribution in [2.45, 2.75) is 0 Å². The van der Waals surface area contributed by atoms with E-state index in [1.807, 2.05) is 48.5 Å². The van der Waals surface area contributed by atoms with Crippen molar-refractivity contribution in [3.63, 3.8) is 0 Å². The third-order valence-corrected chi connectivity index (χ3v) is 4.38. The van der Waals surface area contributed by atoms with E-state index in [1.54, 1.807) is 7.11 Å². The van der Waals surface area contributed by atoms with Crippen LogP contribution in [0, 0.1) is 0 Å². The minimum Gasteiger partial charge on any atom is -0.497 e. The number of ether oxygens (including phenoxy) is 1. The molecule has 0 spiro atoms. The molecule has 0 unspecified atom stereocenters. The number of rotatable bonds is 5. The van der Waals surface area contributed by atoms with Crippen LogP contribution in [0.25, 0.3) is 0 Å². The highest BCUT2D eigenvalue weighted by atomic mass is 79.9. The molecular weight excluding hydrogens is 364 g/mol. The summed E-state index contributed by atoms with van der Waals surface area (Å²) in [7, 11) is 3.73. The quantitative estimate of drug-likeness (QED) is 0.588. The topological polar surface area (TPSA) is 24.5 Å². The molecule has 4 heteroatoms. The van der Waals surface area contributed by atoms with Gasteiger partial charge in [-0.2, -0.15) is 0 Å². The fourth-order valence-corrected chi connectivity index (χ4v) is 2.69. The molecule has 0 saturated heterocycles. The molecule has 1 N–H and O–H groups in total. The summed E-state index contributed by atoms with van der Waals surface area (Å²) in [6.07, 6.45) is 0. The number of methoxy groups -OCH3 is 1. The Hall–Kier alpha value is -2.46. The number of hydrogen-bond donors (Lipinski definition) is 1. The highest BCUT2D eigenvalue weighted by Gasteiger charge is 2.04. The largest absolute Gasteiger partial charge is 0.497 e. The Labute approximate surface area is 151 Å². The number of hydrogen-bond acceptors (Lipinski definition) is 3. The Morgan fingerprint density at radius 2 is 1.21 bits per heavy atom. The summed E-state index contributed by atoms with van der Waals surface area (Å²) >= 11 is 3.45. The highest BCUT2D eigenvalue weighted by Crippen LogP contribution is 2.27. The van der Waals surface area contributed by atoms with Crippen molar-refractivity contribution >= 4 is 38.7 Å². The van der Waals surface area contributed by atoms with E-state index < -0.39 is 0 Å². The van der Waals surface area contributed by atoms with E-state index in [4.69, 9.17) is 4.74 Å². The fraction of sp³-hybridized carbons (Fsp3) is 0.100. The summed E-state index contributed by atoms with van der Waals surface area (Å²) < 4.78 is 6.28. The van der Waals surface area contributed by atoms with Gasteiger partial charge in [-0.25, -0.2) is 0 Å². The van der Waals surface area contributed by atoms with Crippen LogP contribution in [0.15, 0.2) is 77.3 Å². The minimum atomic E-state index is 0.862. The Bertz CT molecular complexity index is 783. The van der Waals surface area contributed by atoms with Gasteiger partial charge in [-0.15, -0.1) is 0 Å². The average Bonchev–Trinajstić information content (AvgIpc) is 2.64. The van der Waals surface area contributed by atoms with Crippen LogP contribution in [0.4, 0.5) is 22.7 Å². The van der Waals surface area contributed by atoms with Crippen LogP contribution >= 0.6 is 15.9 Å². The highest BCUT2D eigenvalue weighted by molar-refractivity contribution is 9.10. The molecule has 3 rings (SSSR count). The first-order valence-corrected chi connectivity index (χ1v) is 8.45.